The highest BCUT2D eigenvalue weighted by Gasteiger charge is 2.17. The van der Waals surface area contributed by atoms with Crippen LogP contribution in [-0.2, 0) is 11.3 Å². The average Bonchev–Trinajstić information content (AvgIpc) is 2.55. The molecule has 1 aliphatic rings. The molecule has 86 valence electrons. The summed E-state index contributed by atoms with van der Waals surface area (Å²) in [7, 11) is 1.33. The first-order chi connectivity index (χ1) is 7.74. The van der Waals surface area contributed by atoms with Gasteiger partial charge in [-0.1, -0.05) is 0 Å². The third-order valence-electron chi connectivity index (χ3n) is 2.69. The Hall–Kier alpha value is -1.78. The first kappa shape index (κ1) is 10.7. The molecule has 1 aromatic heterocycles. The third kappa shape index (κ3) is 1.80. The molecule has 16 heavy (non-hydrogen) atoms. The molecule has 0 aliphatic carbocycles. The highest BCUT2D eigenvalue weighted by Crippen LogP contribution is 2.17. The quantitative estimate of drug-likeness (QED) is 0.715. The lowest BCUT2D eigenvalue weighted by molar-refractivity contribution is 0.0601. The largest absolute Gasteiger partial charge is 0.465 e. The van der Waals surface area contributed by atoms with Gasteiger partial charge >= 0.3 is 5.97 Å². The van der Waals surface area contributed by atoms with Crippen LogP contribution in [0.3, 0.4) is 0 Å². The molecule has 5 heteroatoms. The summed E-state index contributed by atoms with van der Waals surface area (Å²) in [5.74, 6) is 0.162. The lowest BCUT2D eigenvalue weighted by Gasteiger charge is -2.13. The lowest BCUT2D eigenvalue weighted by Crippen LogP contribution is -2.24. The Morgan fingerprint density at radius 1 is 1.44 bits per heavy atom. The second kappa shape index (κ2) is 4.38. The lowest BCUT2D eigenvalue weighted by atomic mass is 10.2. The Morgan fingerprint density at radius 2 is 2.25 bits per heavy atom. The zero-order valence-electron chi connectivity index (χ0n) is 9.16. The van der Waals surface area contributed by atoms with Crippen LogP contribution in [0.2, 0.25) is 0 Å². The van der Waals surface area contributed by atoms with Gasteiger partial charge in [-0.3, -0.25) is 9.36 Å². The van der Waals surface area contributed by atoms with Gasteiger partial charge in [0.15, 0.2) is 0 Å². The maximum Gasteiger partial charge on any atom is 0.341 e. The molecule has 0 spiro atoms. The van der Waals surface area contributed by atoms with Crippen LogP contribution in [-0.4, -0.2) is 24.2 Å². The van der Waals surface area contributed by atoms with Gasteiger partial charge in [0.05, 0.1) is 7.11 Å². The molecule has 2 heterocycles. The second-order valence-corrected chi connectivity index (χ2v) is 3.71. The van der Waals surface area contributed by atoms with Gasteiger partial charge in [-0.2, -0.15) is 0 Å². The second-order valence-electron chi connectivity index (χ2n) is 3.71. The van der Waals surface area contributed by atoms with Crippen molar-refractivity contribution in [1.29, 1.82) is 0 Å². The van der Waals surface area contributed by atoms with Crippen molar-refractivity contribution < 1.29 is 9.53 Å². The minimum absolute atomic E-state index is 0.0861. The topological polar surface area (TPSA) is 60.3 Å². The summed E-state index contributed by atoms with van der Waals surface area (Å²) in [6, 6.07) is 2.92. The van der Waals surface area contributed by atoms with Crippen molar-refractivity contribution >= 4 is 11.8 Å². The van der Waals surface area contributed by atoms with Crippen LogP contribution in [0.25, 0.3) is 0 Å². The van der Waals surface area contributed by atoms with Gasteiger partial charge < -0.3 is 10.1 Å². The van der Waals surface area contributed by atoms with E-state index in [9.17, 15) is 9.59 Å². The van der Waals surface area contributed by atoms with Crippen LogP contribution < -0.4 is 10.9 Å². The molecule has 5 nitrogen and oxygen atoms in total. The number of rotatable bonds is 1. The van der Waals surface area contributed by atoms with Gasteiger partial charge in [0.2, 0.25) is 0 Å². The van der Waals surface area contributed by atoms with Gasteiger partial charge in [-0.25, -0.2) is 4.79 Å². The number of carbonyl (C=O) groups excluding carboxylic acids is 1. The van der Waals surface area contributed by atoms with Crippen LogP contribution in [0.1, 0.15) is 23.2 Å². The molecule has 0 radical (unpaired) electrons. The number of anilines is 1. The van der Waals surface area contributed by atoms with Gasteiger partial charge in [0.25, 0.3) is 5.56 Å². The smallest absolute Gasteiger partial charge is 0.341 e. The van der Waals surface area contributed by atoms with Gasteiger partial charge in [0, 0.05) is 19.2 Å². The van der Waals surface area contributed by atoms with Crippen LogP contribution in [0.4, 0.5) is 5.82 Å². The van der Waals surface area contributed by atoms with Gasteiger partial charge in [-0.05, 0) is 18.9 Å². The molecule has 0 bridgehead atoms. The summed E-state index contributed by atoms with van der Waals surface area (Å²) in [5, 5.41) is 3.11. The predicted molar refractivity (Wildman–Crippen MR) is 59.8 cm³/mol. The number of carbonyl (C=O) groups is 1. The zero-order valence-corrected chi connectivity index (χ0v) is 9.16. The number of fused-ring (bicyclic) bond motifs is 1. The molecule has 0 saturated heterocycles. The molecule has 0 atom stereocenters. The van der Waals surface area contributed by atoms with E-state index in [2.05, 4.69) is 10.1 Å². The Balaban J connectivity index is 2.56. The molecule has 0 unspecified atom stereocenters. The van der Waals surface area contributed by atoms with Crippen LogP contribution in [0.5, 0.6) is 0 Å². The highest BCUT2D eigenvalue weighted by molar-refractivity contribution is 5.94. The number of nitrogens with one attached hydrogen (secondary N) is 1. The highest BCUT2D eigenvalue weighted by atomic mass is 16.5. The molecule has 2 rings (SSSR count). The van der Waals surface area contributed by atoms with Gasteiger partial charge in [0.1, 0.15) is 11.4 Å². The molecule has 0 fully saturated rings. The molecule has 1 aromatic rings. The van der Waals surface area contributed by atoms with Crippen LogP contribution >= 0.6 is 0 Å². The Labute approximate surface area is 93.0 Å². The number of hydrogen-bond donors (Lipinski definition) is 1. The van der Waals surface area contributed by atoms with Crippen molar-refractivity contribution in [3.05, 3.63) is 28.0 Å². The number of esters is 1. The van der Waals surface area contributed by atoms with E-state index in [0.717, 1.165) is 19.4 Å². The van der Waals surface area contributed by atoms with Crippen molar-refractivity contribution in [1.82, 2.24) is 4.57 Å². The van der Waals surface area contributed by atoms with Crippen LogP contribution in [0.15, 0.2) is 16.9 Å². The molecule has 0 amide bonds. The molecule has 0 aromatic carbocycles. The molecule has 1 aliphatic heterocycles. The molecule has 1 N–H and O–H groups in total. The van der Waals surface area contributed by atoms with E-state index in [-0.39, 0.29) is 5.56 Å². The van der Waals surface area contributed by atoms with Crippen molar-refractivity contribution in [3.8, 4) is 0 Å². The zero-order chi connectivity index (χ0) is 11.5. The monoisotopic (exact) mass is 222 g/mol. The first-order valence-corrected chi connectivity index (χ1v) is 5.30. The number of nitrogens with zero attached hydrogens (tertiary/aromatic N) is 1. The SMILES string of the molecule is COC(=O)c1ccc(=O)n2c1NCCCC2. The van der Waals surface area contributed by atoms with Crippen molar-refractivity contribution in [2.45, 2.75) is 19.4 Å². The standard InChI is InChI=1S/C11H14N2O3/c1-16-11(15)8-4-5-9(14)13-7-3-2-6-12-10(8)13/h4-5,12H,2-3,6-7H2,1H3. The van der Waals surface area contributed by atoms with Crippen molar-refractivity contribution in [2.75, 3.05) is 19.0 Å². The van der Waals surface area contributed by atoms with Crippen molar-refractivity contribution in [3.63, 3.8) is 0 Å². The minimum Gasteiger partial charge on any atom is -0.465 e. The maximum absolute atomic E-state index is 11.7. The fourth-order valence-electron chi connectivity index (χ4n) is 1.87. The summed E-state index contributed by atoms with van der Waals surface area (Å²) < 4.78 is 6.29. The number of hydrogen-bond acceptors (Lipinski definition) is 4. The van der Waals surface area contributed by atoms with E-state index in [1.54, 1.807) is 4.57 Å². The van der Waals surface area contributed by atoms with Crippen molar-refractivity contribution in [2.24, 2.45) is 0 Å². The summed E-state index contributed by atoms with van der Waals surface area (Å²) >= 11 is 0. The van der Waals surface area contributed by atoms with E-state index < -0.39 is 5.97 Å². The van der Waals surface area contributed by atoms with E-state index >= 15 is 0 Å². The normalized spacial score (nSPS) is 14.6. The number of pyridine rings is 1. The Morgan fingerprint density at radius 3 is 3.00 bits per heavy atom. The molecule has 0 saturated carbocycles. The average molecular weight is 222 g/mol. The van der Waals surface area contributed by atoms with Gasteiger partial charge in [-0.15, -0.1) is 0 Å². The maximum atomic E-state index is 11.7. The summed E-state index contributed by atoms with van der Waals surface area (Å²) in [5.41, 5.74) is 0.334. The van der Waals surface area contributed by atoms with E-state index in [1.807, 2.05) is 0 Å². The molecular weight excluding hydrogens is 208 g/mol. The van der Waals surface area contributed by atoms with E-state index in [4.69, 9.17) is 0 Å². The fourth-order valence-corrected chi connectivity index (χ4v) is 1.87. The van der Waals surface area contributed by atoms with E-state index in [0.29, 0.717) is 17.9 Å². The fraction of sp³-hybridized carbons (Fsp3) is 0.455. The first-order valence-electron chi connectivity index (χ1n) is 5.30. The minimum atomic E-state index is -0.418. The predicted octanol–water partition coefficient (Wildman–Crippen LogP) is 0.841. The van der Waals surface area contributed by atoms with E-state index in [1.165, 1.54) is 19.2 Å². The third-order valence-corrected chi connectivity index (χ3v) is 2.69. The number of ether oxygens (including phenoxy) is 1. The summed E-state index contributed by atoms with van der Waals surface area (Å²) in [6.45, 7) is 1.42. The number of methoxy groups -OCH3 is 1. The Bertz CT molecular complexity index is 465. The summed E-state index contributed by atoms with van der Waals surface area (Å²) in [6.07, 6.45) is 1.92. The number of aromatic nitrogens is 1. The Kier molecular flexibility index (Phi) is 2.94. The molecular formula is C11H14N2O3. The van der Waals surface area contributed by atoms with Crippen LogP contribution in [0, 0.1) is 0 Å². The summed E-state index contributed by atoms with van der Waals surface area (Å²) in [4.78, 5) is 23.2.